The average Bonchev–Trinajstić information content (AvgIpc) is 3.66. The number of para-hydroxylation sites is 2. The van der Waals surface area contributed by atoms with E-state index in [9.17, 15) is 0 Å². The molecule has 0 N–H and O–H groups in total. The molecule has 9 aromatic rings. The van der Waals surface area contributed by atoms with Crippen molar-refractivity contribution < 1.29 is 4.74 Å². The molecular formula is C38H24N4O. The molecule has 9 rings (SSSR count). The van der Waals surface area contributed by atoms with E-state index in [1.165, 1.54) is 10.8 Å². The maximum absolute atomic E-state index is 6.56. The number of pyridine rings is 2. The number of rotatable bonds is 4. The van der Waals surface area contributed by atoms with Gasteiger partial charge in [0.05, 0.1) is 22.2 Å². The van der Waals surface area contributed by atoms with E-state index in [2.05, 4.69) is 105 Å². The van der Waals surface area contributed by atoms with Crippen LogP contribution in [0.4, 0.5) is 0 Å². The molecule has 0 aliphatic heterocycles. The van der Waals surface area contributed by atoms with Crippen LogP contribution in [-0.2, 0) is 0 Å². The third kappa shape index (κ3) is 3.72. The van der Waals surface area contributed by atoms with E-state index in [1.807, 2.05) is 54.7 Å². The van der Waals surface area contributed by atoms with Gasteiger partial charge in [-0.3, -0.25) is 8.97 Å². The van der Waals surface area contributed by atoms with Gasteiger partial charge < -0.3 is 4.74 Å². The standard InChI is InChI=1S/C38H24N4O/c1-2-10-25(11-3-1)33-24-41-34-14-6-4-12-29(34)28-19-17-26(22-32(28)38(41)40-33)43-27-18-20-31-30-13-5-7-15-35(30)42(36(31)23-27)37-16-8-9-21-39-37/h1-24H. The Kier molecular flexibility index (Phi) is 5.13. The number of ether oxygens (including phenoxy) is 1. The molecule has 0 aliphatic carbocycles. The first-order valence-corrected chi connectivity index (χ1v) is 14.3. The molecule has 0 atom stereocenters. The van der Waals surface area contributed by atoms with Gasteiger partial charge in [0.25, 0.3) is 0 Å². The van der Waals surface area contributed by atoms with E-state index in [0.29, 0.717) is 0 Å². The highest BCUT2D eigenvalue weighted by Crippen LogP contribution is 2.37. The summed E-state index contributed by atoms with van der Waals surface area (Å²) in [6.07, 6.45) is 3.96. The molecule has 0 unspecified atom stereocenters. The molecule has 5 aromatic carbocycles. The Morgan fingerprint density at radius 1 is 0.512 bits per heavy atom. The second-order valence-electron chi connectivity index (χ2n) is 10.7. The Balaban J connectivity index is 1.21. The Morgan fingerprint density at radius 3 is 2.00 bits per heavy atom. The monoisotopic (exact) mass is 552 g/mol. The van der Waals surface area contributed by atoms with Gasteiger partial charge >= 0.3 is 0 Å². The topological polar surface area (TPSA) is 44.4 Å². The molecule has 43 heavy (non-hydrogen) atoms. The van der Waals surface area contributed by atoms with Gasteiger partial charge in [-0.05, 0) is 60.0 Å². The average molecular weight is 553 g/mol. The summed E-state index contributed by atoms with van der Waals surface area (Å²) in [7, 11) is 0. The fourth-order valence-corrected chi connectivity index (χ4v) is 6.30. The summed E-state index contributed by atoms with van der Waals surface area (Å²) in [5.41, 5.74) is 6.23. The van der Waals surface area contributed by atoms with Gasteiger partial charge in [-0.1, -0.05) is 72.8 Å². The van der Waals surface area contributed by atoms with E-state index in [-0.39, 0.29) is 0 Å². The maximum atomic E-state index is 6.56. The third-order valence-electron chi connectivity index (χ3n) is 8.22. The molecule has 4 aromatic heterocycles. The van der Waals surface area contributed by atoms with E-state index in [0.717, 1.165) is 66.9 Å². The smallest absolute Gasteiger partial charge is 0.146 e. The SMILES string of the molecule is c1ccc(-c2cn3c4ccccc4c4ccc(Oc5ccc6c7ccccc7n(-c7ccccn7)c6c5)cc4c3n2)cc1. The van der Waals surface area contributed by atoms with Crippen LogP contribution in [0.1, 0.15) is 0 Å². The predicted octanol–water partition coefficient (Wildman–Crippen LogP) is 9.59. The van der Waals surface area contributed by atoms with Gasteiger partial charge in [-0.25, -0.2) is 9.97 Å². The fourth-order valence-electron chi connectivity index (χ4n) is 6.30. The lowest BCUT2D eigenvalue weighted by Crippen LogP contribution is -1.96. The minimum Gasteiger partial charge on any atom is -0.457 e. The molecule has 4 heterocycles. The summed E-state index contributed by atoms with van der Waals surface area (Å²) in [6.45, 7) is 0. The Morgan fingerprint density at radius 2 is 1.19 bits per heavy atom. The van der Waals surface area contributed by atoms with Crippen molar-refractivity contribution in [3.8, 4) is 28.6 Å². The summed E-state index contributed by atoms with van der Waals surface area (Å²) in [6, 6.07) is 45.8. The van der Waals surface area contributed by atoms with Gasteiger partial charge in [0, 0.05) is 45.6 Å². The molecule has 5 nitrogen and oxygen atoms in total. The van der Waals surface area contributed by atoms with Crippen LogP contribution in [0.25, 0.3) is 66.2 Å². The number of hydrogen-bond acceptors (Lipinski definition) is 3. The molecule has 0 spiro atoms. The highest BCUT2D eigenvalue weighted by molar-refractivity contribution is 6.12. The van der Waals surface area contributed by atoms with Gasteiger partial charge in [-0.2, -0.15) is 0 Å². The van der Waals surface area contributed by atoms with Crippen molar-refractivity contribution >= 4 is 49.1 Å². The van der Waals surface area contributed by atoms with Crippen LogP contribution in [0.5, 0.6) is 11.5 Å². The molecular weight excluding hydrogens is 528 g/mol. The van der Waals surface area contributed by atoms with Crippen LogP contribution < -0.4 is 4.74 Å². The second kappa shape index (κ2) is 9.29. The largest absolute Gasteiger partial charge is 0.457 e. The molecule has 0 bridgehead atoms. The van der Waals surface area contributed by atoms with Crippen molar-refractivity contribution in [1.29, 1.82) is 0 Å². The molecule has 0 saturated carbocycles. The molecule has 0 fully saturated rings. The summed E-state index contributed by atoms with van der Waals surface area (Å²) >= 11 is 0. The summed E-state index contributed by atoms with van der Waals surface area (Å²) in [4.78, 5) is 9.78. The second-order valence-corrected chi connectivity index (χ2v) is 10.7. The molecule has 0 radical (unpaired) electrons. The number of aromatic nitrogens is 4. The fraction of sp³-hybridized carbons (Fsp3) is 0. The zero-order valence-electron chi connectivity index (χ0n) is 23.1. The normalized spacial score (nSPS) is 11.7. The number of hydrogen-bond donors (Lipinski definition) is 0. The Bertz CT molecular complexity index is 2480. The summed E-state index contributed by atoms with van der Waals surface area (Å²) in [5.74, 6) is 2.39. The van der Waals surface area contributed by atoms with Crippen molar-refractivity contribution in [2.75, 3.05) is 0 Å². The first-order chi connectivity index (χ1) is 21.3. The Hall–Kier alpha value is -5.94. The van der Waals surface area contributed by atoms with E-state index in [1.54, 1.807) is 0 Å². The van der Waals surface area contributed by atoms with Crippen molar-refractivity contribution in [2.24, 2.45) is 0 Å². The van der Waals surface area contributed by atoms with Crippen LogP contribution in [0.2, 0.25) is 0 Å². The lowest BCUT2D eigenvalue weighted by atomic mass is 10.1. The van der Waals surface area contributed by atoms with Crippen molar-refractivity contribution in [2.45, 2.75) is 0 Å². The number of nitrogens with zero attached hydrogens (tertiary/aromatic N) is 4. The lowest BCUT2D eigenvalue weighted by Gasteiger charge is -2.11. The van der Waals surface area contributed by atoms with Crippen molar-refractivity contribution in [3.05, 3.63) is 146 Å². The molecule has 0 saturated heterocycles. The summed E-state index contributed by atoms with van der Waals surface area (Å²) < 4.78 is 11.0. The van der Waals surface area contributed by atoms with E-state index < -0.39 is 0 Å². The van der Waals surface area contributed by atoms with E-state index >= 15 is 0 Å². The number of benzene rings is 5. The highest BCUT2D eigenvalue weighted by Gasteiger charge is 2.16. The third-order valence-corrected chi connectivity index (χ3v) is 8.22. The minimum atomic E-state index is 0.758. The van der Waals surface area contributed by atoms with Crippen molar-refractivity contribution in [3.63, 3.8) is 0 Å². The minimum absolute atomic E-state index is 0.758. The van der Waals surface area contributed by atoms with E-state index in [4.69, 9.17) is 9.72 Å². The maximum Gasteiger partial charge on any atom is 0.146 e. The summed E-state index contributed by atoms with van der Waals surface area (Å²) in [5, 5.41) is 5.71. The van der Waals surface area contributed by atoms with Crippen LogP contribution in [-0.4, -0.2) is 18.9 Å². The molecule has 0 amide bonds. The van der Waals surface area contributed by atoms with Gasteiger partial charge in [-0.15, -0.1) is 0 Å². The highest BCUT2D eigenvalue weighted by atomic mass is 16.5. The zero-order valence-corrected chi connectivity index (χ0v) is 23.1. The first-order valence-electron chi connectivity index (χ1n) is 14.3. The molecule has 0 aliphatic rings. The number of fused-ring (bicyclic) bond motifs is 9. The van der Waals surface area contributed by atoms with Crippen LogP contribution in [0, 0.1) is 0 Å². The van der Waals surface area contributed by atoms with Crippen LogP contribution >= 0.6 is 0 Å². The quantitative estimate of drug-likeness (QED) is 0.204. The van der Waals surface area contributed by atoms with Gasteiger partial charge in [0.1, 0.15) is 23.0 Å². The molecule has 5 heteroatoms. The predicted molar refractivity (Wildman–Crippen MR) is 174 cm³/mol. The zero-order chi connectivity index (χ0) is 28.3. The van der Waals surface area contributed by atoms with Crippen LogP contribution in [0.3, 0.4) is 0 Å². The molecule has 202 valence electrons. The lowest BCUT2D eigenvalue weighted by molar-refractivity contribution is 0.484. The Labute approximate surface area is 246 Å². The van der Waals surface area contributed by atoms with Crippen LogP contribution in [0.15, 0.2) is 146 Å². The first kappa shape index (κ1) is 23.7. The number of imidazole rings is 1. The van der Waals surface area contributed by atoms with Gasteiger partial charge in [0.15, 0.2) is 0 Å². The van der Waals surface area contributed by atoms with Gasteiger partial charge in [0.2, 0.25) is 0 Å². The van der Waals surface area contributed by atoms with Crippen molar-refractivity contribution in [1.82, 2.24) is 18.9 Å².